The minimum atomic E-state index is -0.0966. The molecule has 0 radical (unpaired) electrons. The Morgan fingerprint density at radius 1 is 0.875 bits per heavy atom. The van der Waals surface area contributed by atoms with Crippen LogP contribution >= 0.6 is 0 Å². The number of carbonyl (C=O) groups excluding carboxylic acids is 1. The quantitative estimate of drug-likeness (QED) is 0.923. The molecule has 1 N–H and O–H groups in total. The Balaban J connectivity index is 1.31. The third-order valence-corrected chi connectivity index (χ3v) is 7.33. The molecule has 7 rings (SSSR count). The average molecular weight is 326 g/mol. The molecule has 5 heteroatoms. The van der Waals surface area contributed by atoms with Gasteiger partial charge in [-0.2, -0.15) is 0 Å². The Labute approximate surface area is 142 Å². The zero-order chi connectivity index (χ0) is 15.9. The van der Waals surface area contributed by atoms with Crippen molar-refractivity contribution < 1.29 is 4.79 Å². The Kier molecular flexibility index (Phi) is 2.66. The molecule has 5 nitrogen and oxygen atoms in total. The number of nitrogens with zero attached hydrogens (tertiary/aromatic N) is 3. The van der Waals surface area contributed by atoms with E-state index in [4.69, 9.17) is 0 Å². The van der Waals surface area contributed by atoms with E-state index in [1.807, 2.05) is 4.68 Å². The molecule has 0 spiro atoms. The highest BCUT2D eigenvalue weighted by molar-refractivity contribution is 5.90. The van der Waals surface area contributed by atoms with Crippen LogP contribution in [0.25, 0.3) is 0 Å². The summed E-state index contributed by atoms with van der Waals surface area (Å²) in [6, 6.07) is 0. The maximum Gasteiger partial charge on any atom is 0.245 e. The highest BCUT2D eigenvalue weighted by Gasteiger charge is 2.55. The number of rotatable bonds is 4. The first-order chi connectivity index (χ1) is 11.7. The van der Waals surface area contributed by atoms with Crippen LogP contribution in [-0.4, -0.2) is 20.8 Å². The van der Waals surface area contributed by atoms with Crippen LogP contribution < -0.4 is 5.43 Å². The van der Waals surface area contributed by atoms with Gasteiger partial charge in [0, 0.05) is 11.8 Å². The summed E-state index contributed by atoms with van der Waals surface area (Å²) in [6.45, 7) is 0. The molecule has 6 fully saturated rings. The minimum absolute atomic E-state index is 0.0966. The van der Waals surface area contributed by atoms with Crippen LogP contribution in [0.4, 0.5) is 0 Å². The van der Waals surface area contributed by atoms with Crippen molar-refractivity contribution in [3.05, 3.63) is 11.6 Å². The van der Waals surface area contributed by atoms with Crippen LogP contribution in [0.1, 0.15) is 87.7 Å². The number of aromatic nitrogens is 3. The third-order valence-electron chi connectivity index (χ3n) is 7.33. The molecule has 6 saturated carbocycles. The molecule has 0 aliphatic heterocycles. The first-order valence-electron chi connectivity index (χ1n) is 9.97. The average Bonchev–Trinajstić information content (AvgIpc) is 3.46. The summed E-state index contributed by atoms with van der Waals surface area (Å²) in [5.74, 6) is 5.72. The van der Waals surface area contributed by atoms with Gasteiger partial charge in [0.05, 0.1) is 5.41 Å². The molecule has 128 valence electrons. The summed E-state index contributed by atoms with van der Waals surface area (Å²) in [4.78, 5) is 13.4. The van der Waals surface area contributed by atoms with Gasteiger partial charge in [-0.15, -0.1) is 10.2 Å². The third kappa shape index (κ3) is 2.02. The topological polar surface area (TPSA) is 59.8 Å². The molecule has 0 atom stereocenters. The maximum absolute atomic E-state index is 13.4. The number of amides is 1. The fraction of sp³-hybridized carbons (Fsp3) is 0.842. The summed E-state index contributed by atoms with van der Waals surface area (Å²) >= 11 is 0. The molecule has 0 unspecified atom stereocenters. The predicted octanol–water partition coefficient (Wildman–Crippen LogP) is 3.32. The molecule has 4 bridgehead atoms. The van der Waals surface area contributed by atoms with E-state index in [1.165, 1.54) is 44.9 Å². The van der Waals surface area contributed by atoms with Crippen LogP contribution in [0, 0.1) is 23.2 Å². The highest BCUT2D eigenvalue weighted by Crippen LogP contribution is 2.60. The van der Waals surface area contributed by atoms with Gasteiger partial charge in [-0.05, 0) is 82.0 Å². The highest BCUT2D eigenvalue weighted by atomic mass is 16.2. The van der Waals surface area contributed by atoms with Gasteiger partial charge in [0.25, 0.3) is 0 Å². The van der Waals surface area contributed by atoms with Gasteiger partial charge in [-0.1, -0.05) is 0 Å². The van der Waals surface area contributed by atoms with E-state index in [1.54, 1.807) is 0 Å². The Bertz CT molecular complexity index is 635. The van der Waals surface area contributed by atoms with E-state index in [-0.39, 0.29) is 11.3 Å². The summed E-state index contributed by atoms with van der Waals surface area (Å²) in [6.07, 6.45) is 12.2. The molecule has 6 aliphatic rings. The van der Waals surface area contributed by atoms with Crippen LogP contribution in [0.3, 0.4) is 0 Å². The normalized spacial score (nSPS) is 40.1. The molecule has 0 saturated heterocycles. The van der Waals surface area contributed by atoms with E-state index in [9.17, 15) is 4.79 Å². The van der Waals surface area contributed by atoms with Crippen molar-refractivity contribution in [1.82, 2.24) is 14.9 Å². The molecular formula is C19H26N4O. The molecule has 24 heavy (non-hydrogen) atoms. The standard InChI is InChI=1S/C19H26N4O/c24-18(19-8-11-5-12(9-19)7-13(6-11)10-19)22-23-16(14-1-2-14)20-21-17(23)15-3-4-15/h11-15H,1-10H2,(H,22,24). The lowest BCUT2D eigenvalue weighted by atomic mass is 9.49. The fourth-order valence-corrected chi connectivity index (χ4v) is 6.24. The molecule has 1 amide bonds. The molecule has 1 aromatic heterocycles. The number of nitrogens with one attached hydrogen (secondary N) is 1. The second kappa shape index (κ2) is 4.61. The van der Waals surface area contributed by atoms with Crippen LogP contribution in [0.2, 0.25) is 0 Å². The van der Waals surface area contributed by atoms with E-state index in [0.717, 1.165) is 48.7 Å². The maximum atomic E-state index is 13.4. The zero-order valence-corrected chi connectivity index (χ0v) is 14.2. The van der Waals surface area contributed by atoms with Gasteiger partial charge >= 0.3 is 0 Å². The van der Waals surface area contributed by atoms with Gasteiger partial charge < -0.3 is 0 Å². The SMILES string of the molecule is O=C(Nn1c(C2CC2)nnc1C1CC1)C12CC3CC(CC(C3)C1)C2. The second-order valence-electron chi connectivity index (χ2n) is 9.44. The number of hydrogen-bond acceptors (Lipinski definition) is 3. The van der Waals surface area contributed by atoms with Gasteiger partial charge in [0.2, 0.25) is 5.91 Å². The Morgan fingerprint density at radius 2 is 1.33 bits per heavy atom. The van der Waals surface area contributed by atoms with E-state index in [2.05, 4.69) is 15.6 Å². The molecule has 6 aliphatic carbocycles. The Morgan fingerprint density at radius 3 is 1.75 bits per heavy atom. The summed E-state index contributed by atoms with van der Waals surface area (Å²) in [7, 11) is 0. The Hall–Kier alpha value is -1.39. The van der Waals surface area contributed by atoms with Crippen LogP contribution in [-0.2, 0) is 4.79 Å². The summed E-state index contributed by atoms with van der Waals surface area (Å²) < 4.78 is 2.01. The number of carbonyl (C=O) groups is 1. The summed E-state index contributed by atoms with van der Waals surface area (Å²) in [5.41, 5.74) is 3.22. The summed E-state index contributed by atoms with van der Waals surface area (Å²) in [5, 5.41) is 8.87. The lowest BCUT2D eigenvalue weighted by Gasteiger charge is -2.55. The van der Waals surface area contributed by atoms with Crippen LogP contribution in [0.15, 0.2) is 0 Å². The van der Waals surface area contributed by atoms with Crippen molar-refractivity contribution in [2.24, 2.45) is 23.2 Å². The van der Waals surface area contributed by atoms with Gasteiger partial charge in [0.1, 0.15) is 0 Å². The molecule has 1 heterocycles. The van der Waals surface area contributed by atoms with Crippen molar-refractivity contribution in [2.75, 3.05) is 5.43 Å². The van der Waals surface area contributed by atoms with E-state index < -0.39 is 0 Å². The predicted molar refractivity (Wildman–Crippen MR) is 88.9 cm³/mol. The van der Waals surface area contributed by atoms with Crippen molar-refractivity contribution in [1.29, 1.82) is 0 Å². The zero-order valence-electron chi connectivity index (χ0n) is 14.2. The smallest absolute Gasteiger partial charge is 0.245 e. The minimum Gasteiger partial charge on any atom is -0.273 e. The lowest BCUT2D eigenvalue weighted by molar-refractivity contribution is -0.141. The second-order valence-corrected chi connectivity index (χ2v) is 9.44. The van der Waals surface area contributed by atoms with Gasteiger partial charge in [-0.3, -0.25) is 10.2 Å². The van der Waals surface area contributed by atoms with Crippen molar-refractivity contribution in [3.8, 4) is 0 Å². The molecular weight excluding hydrogens is 300 g/mol. The number of hydrogen-bond donors (Lipinski definition) is 1. The fourth-order valence-electron chi connectivity index (χ4n) is 6.24. The lowest BCUT2D eigenvalue weighted by Crippen LogP contribution is -2.53. The largest absolute Gasteiger partial charge is 0.273 e. The first-order valence-corrected chi connectivity index (χ1v) is 9.97. The van der Waals surface area contributed by atoms with Crippen LogP contribution in [0.5, 0.6) is 0 Å². The van der Waals surface area contributed by atoms with E-state index >= 15 is 0 Å². The van der Waals surface area contributed by atoms with Crippen molar-refractivity contribution >= 4 is 5.91 Å². The van der Waals surface area contributed by atoms with Gasteiger partial charge in [-0.25, -0.2) is 4.68 Å². The van der Waals surface area contributed by atoms with Crippen molar-refractivity contribution in [3.63, 3.8) is 0 Å². The first kappa shape index (κ1) is 13.9. The monoisotopic (exact) mass is 326 g/mol. The van der Waals surface area contributed by atoms with Gasteiger partial charge in [0.15, 0.2) is 11.6 Å². The molecule has 0 aromatic carbocycles. The van der Waals surface area contributed by atoms with Crippen molar-refractivity contribution in [2.45, 2.75) is 76.0 Å². The van der Waals surface area contributed by atoms with E-state index in [0.29, 0.717) is 11.8 Å². The molecule has 1 aromatic rings.